The summed E-state index contributed by atoms with van der Waals surface area (Å²) >= 11 is 1.61. The van der Waals surface area contributed by atoms with Crippen LogP contribution in [-0.4, -0.2) is 32.1 Å². The number of hydrogen-bond donors (Lipinski definition) is 2. The van der Waals surface area contributed by atoms with E-state index < -0.39 is 0 Å². The lowest BCUT2D eigenvalue weighted by molar-refractivity contribution is 0.626. The van der Waals surface area contributed by atoms with Gasteiger partial charge in [-0.2, -0.15) is 0 Å². The maximum atomic E-state index is 12.9. The van der Waals surface area contributed by atoms with E-state index in [0.29, 0.717) is 19.0 Å². The van der Waals surface area contributed by atoms with Crippen molar-refractivity contribution >= 4 is 46.4 Å². The number of anilines is 1. The predicted molar refractivity (Wildman–Crippen MR) is 105 cm³/mol. The van der Waals surface area contributed by atoms with Crippen molar-refractivity contribution in [1.29, 1.82) is 0 Å². The number of nitrogens with one attached hydrogen (secondary N) is 2. The third-order valence-electron chi connectivity index (χ3n) is 2.96. The summed E-state index contributed by atoms with van der Waals surface area (Å²) in [6.45, 7) is 1.19. The minimum Gasteiger partial charge on any atom is -0.354 e. The summed E-state index contributed by atoms with van der Waals surface area (Å²) in [6, 6.07) is 6.40. The van der Waals surface area contributed by atoms with Gasteiger partial charge in [-0.25, -0.2) is 9.37 Å². The van der Waals surface area contributed by atoms with Gasteiger partial charge in [-0.15, -0.1) is 35.3 Å². The molecule has 0 unspecified atom stereocenters. The van der Waals surface area contributed by atoms with Crippen molar-refractivity contribution in [2.24, 2.45) is 4.99 Å². The second-order valence-corrected chi connectivity index (χ2v) is 5.76. The van der Waals surface area contributed by atoms with Gasteiger partial charge in [0.25, 0.3) is 0 Å². The molecule has 0 aliphatic carbocycles. The smallest absolute Gasteiger partial charge is 0.191 e. The van der Waals surface area contributed by atoms with Gasteiger partial charge in [0.1, 0.15) is 5.82 Å². The van der Waals surface area contributed by atoms with Gasteiger partial charge in [0.2, 0.25) is 0 Å². The molecule has 0 amide bonds. The first-order chi connectivity index (χ1) is 10.6. The predicted octanol–water partition coefficient (Wildman–Crippen LogP) is 2.83. The molecule has 0 fully saturated rings. The van der Waals surface area contributed by atoms with Gasteiger partial charge in [0, 0.05) is 33.1 Å². The molecule has 126 valence electrons. The third-order valence-corrected chi connectivity index (χ3v) is 4.01. The zero-order valence-electron chi connectivity index (χ0n) is 13.3. The SMILES string of the molecule is CN=C(NCc1ccc(F)cc1)NCc1csc(N(C)C)n1.I. The number of thiazole rings is 1. The van der Waals surface area contributed by atoms with E-state index in [-0.39, 0.29) is 29.8 Å². The molecule has 1 aromatic carbocycles. The average Bonchev–Trinajstić information content (AvgIpc) is 2.98. The molecule has 0 saturated carbocycles. The highest BCUT2D eigenvalue weighted by Gasteiger charge is 2.04. The zero-order valence-corrected chi connectivity index (χ0v) is 16.5. The lowest BCUT2D eigenvalue weighted by Crippen LogP contribution is -2.36. The van der Waals surface area contributed by atoms with E-state index in [1.54, 1.807) is 30.5 Å². The fourth-order valence-electron chi connectivity index (χ4n) is 1.77. The Morgan fingerprint density at radius 1 is 1.22 bits per heavy atom. The van der Waals surface area contributed by atoms with Crippen molar-refractivity contribution in [3.05, 3.63) is 46.7 Å². The summed E-state index contributed by atoms with van der Waals surface area (Å²) in [7, 11) is 5.66. The number of halogens is 2. The second kappa shape index (κ2) is 9.66. The number of benzene rings is 1. The van der Waals surface area contributed by atoms with Crippen molar-refractivity contribution in [3.8, 4) is 0 Å². The fourth-order valence-corrected chi connectivity index (χ4v) is 2.52. The fraction of sp³-hybridized carbons (Fsp3) is 0.333. The number of rotatable bonds is 5. The monoisotopic (exact) mass is 449 g/mol. The number of hydrogen-bond acceptors (Lipinski definition) is 4. The first-order valence-corrected chi connectivity index (χ1v) is 7.77. The van der Waals surface area contributed by atoms with Crippen molar-refractivity contribution in [2.75, 3.05) is 26.0 Å². The summed E-state index contributed by atoms with van der Waals surface area (Å²) in [5, 5.41) is 9.40. The molecular weight excluding hydrogens is 428 g/mol. The Labute approximate surface area is 157 Å². The molecule has 2 N–H and O–H groups in total. The lowest BCUT2D eigenvalue weighted by Gasteiger charge is -2.11. The van der Waals surface area contributed by atoms with Crippen LogP contribution in [0.2, 0.25) is 0 Å². The quantitative estimate of drug-likeness (QED) is 0.419. The minimum atomic E-state index is -0.230. The summed E-state index contributed by atoms with van der Waals surface area (Å²) in [6.07, 6.45) is 0. The van der Waals surface area contributed by atoms with E-state index in [2.05, 4.69) is 20.6 Å². The standard InChI is InChI=1S/C15H20FN5S.HI/c1-17-14(18-8-11-4-6-12(16)7-5-11)19-9-13-10-22-15(20-13)21(2)3;/h4-7,10H,8-9H2,1-3H3,(H2,17,18,19);1H. The maximum absolute atomic E-state index is 12.9. The van der Waals surface area contributed by atoms with Crippen LogP contribution in [0.1, 0.15) is 11.3 Å². The van der Waals surface area contributed by atoms with Crippen LogP contribution < -0.4 is 15.5 Å². The van der Waals surface area contributed by atoms with Crippen LogP contribution in [0.3, 0.4) is 0 Å². The van der Waals surface area contributed by atoms with Crippen LogP contribution in [0.4, 0.5) is 9.52 Å². The molecular formula is C15H21FIN5S. The first kappa shape index (κ1) is 19.6. The van der Waals surface area contributed by atoms with Crippen LogP contribution >= 0.6 is 35.3 Å². The highest BCUT2D eigenvalue weighted by molar-refractivity contribution is 14.0. The maximum Gasteiger partial charge on any atom is 0.191 e. The van der Waals surface area contributed by atoms with Gasteiger partial charge in [0.15, 0.2) is 11.1 Å². The molecule has 8 heteroatoms. The first-order valence-electron chi connectivity index (χ1n) is 6.89. The highest BCUT2D eigenvalue weighted by Crippen LogP contribution is 2.17. The molecule has 0 atom stereocenters. The number of nitrogens with zero attached hydrogens (tertiary/aromatic N) is 3. The molecule has 1 aromatic heterocycles. The molecule has 1 heterocycles. The summed E-state index contributed by atoms with van der Waals surface area (Å²) in [5.74, 6) is 0.454. The molecule has 0 aliphatic rings. The Balaban J connectivity index is 0.00000264. The number of guanidine groups is 1. The van der Waals surface area contributed by atoms with Crippen LogP contribution in [0.5, 0.6) is 0 Å². The van der Waals surface area contributed by atoms with E-state index >= 15 is 0 Å². The second-order valence-electron chi connectivity index (χ2n) is 4.92. The summed E-state index contributed by atoms with van der Waals surface area (Å²) < 4.78 is 12.9. The van der Waals surface area contributed by atoms with Gasteiger partial charge in [-0.05, 0) is 17.7 Å². The van der Waals surface area contributed by atoms with E-state index in [1.807, 2.05) is 24.4 Å². The molecule has 0 saturated heterocycles. The van der Waals surface area contributed by atoms with Crippen LogP contribution in [0.25, 0.3) is 0 Å². The van der Waals surface area contributed by atoms with Crippen LogP contribution in [0, 0.1) is 5.82 Å². The van der Waals surface area contributed by atoms with Crippen LogP contribution in [0.15, 0.2) is 34.6 Å². The van der Waals surface area contributed by atoms with Crippen LogP contribution in [-0.2, 0) is 13.1 Å². The molecule has 0 aliphatic heterocycles. The Morgan fingerprint density at radius 3 is 2.43 bits per heavy atom. The lowest BCUT2D eigenvalue weighted by atomic mass is 10.2. The Morgan fingerprint density at radius 2 is 1.87 bits per heavy atom. The third kappa shape index (κ3) is 6.30. The van der Waals surface area contributed by atoms with E-state index in [1.165, 1.54) is 12.1 Å². The van der Waals surface area contributed by atoms with Crippen molar-refractivity contribution in [1.82, 2.24) is 15.6 Å². The van der Waals surface area contributed by atoms with Gasteiger partial charge in [0.05, 0.1) is 12.2 Å². The highest BCUT2D eigenvalue weighted by atomic mass is 127. The Bertz CT molecular complexity index is 627. The van der Waals surface area contributed by atoms with Gasteiger partial charge in [-0.1, -0.05) is 12.1 Å². The molecule has 0 bridgehead atoms. The van der Waals surface area contributed by atoms with Gasteiger partial charge in [-0.3, -0.25) is 4.99 Å². The molecule has 2 aromatic rings. The molecule has 2 rings (SSSR count). The van der Waals surface area contributed by atoms with Crippen molar-refractivity contribution in [3.63, 3.8) is 0 Å². The average molecular weight is 449 g/mol. The van der Waals surface area contributed by atoms with E-state index in [0.717, 1.165) is 16.4 Å². The number of aliphatic imine (C=N–C) groups is 1. The van der Waals surface area contributed by atoms with Crippen molar-refractivity contribution in [2.45, 2.75) is 13.1 Å². The van der Waals surface area contributed by atoms with Gasteiger partial charge >= 0.3 is 0 Å². The molecule has 0 spiro atoms. The normalized spacial score (nSPS) is 10.9. The minimum absolute atomic E-state index is 0. The Kier molecular flexibility index (Phi) is 8.24. The van der Waals surface area contributed by atoms with E-state index in [4.69, 9.17) is 0 Å². The topological polar surface area (TPSA) is 52.6 Å². The number of aromatic nitrogens is 1. The Hall–Kier alpha value is -1.42. The summed E-state index contributed by atoms with van der Waals surface area (Å²) in [4.78, 5) is 10.6. The van der Waals surface area contributed by atoms with Crippen molar-refractivity contribution < 1.29 is 4.39 Å². The largest absolute Gasteiger partial charge is 0.354 e. The zero-order chi connectivity index (χ0) is 15.9. The molecule has 0 radical (unpaired) electrons. The molecule has 5 nitrogen and oxygen atoms in total. The van der Waals surface area contributed by atoms with Gasteiger partial charge < -0.3 is 15.5 Å². The summed E-state index contributed by atoms with van der Waals surface area (Å²) in [5.41, 5.74) is 1.96. The molecule has 23 heavy (non-hydrogen) atoms. The van der Waals surface area contributed by atoms with E-state index in [9.17, 15) is 4.39 Å².